The molecule has 0 spiro atoms. The van der Waals surface area contributed by atoms with E-state index in [9.17, 15) is 33.2 Å². The van der Waals surface area contributed by atoms with Gasteiger partial charge in [-0.3, -0.25) is 9.47 Å². The predicted molar refractivity (Wildman–Crippen MR) is 114 cm³/mol. The molecule has 2 aliphatic rings. The molecule has 3 heterocycles. The molecule has 11 nitrogen and oxygen atoms in total. The quantitative estimate of drug-likeness (QED) is 0.454. The molecule has 1 aromatic carbocycles. The average molecular weight is 499 g/mol. The topological polar surface area (TPSA) is 123 Å². The number of benzene rings is 1. The van der Waals surface area contributed by atoms with E-state index in [2.05, 4.69) is 14.6 Å². The van der Waals surface area contributed by atoms with Gasteiger partial charge < -0.3 is 29.6 Å². The minimum atomic E-state index is -4.79. The van der Waals surface area contributed by atoms with Crippen LogP contribution in [0.4, 0.5) is 23.8 Å². The molecule has 14 heteroatoms. The van der Waals surface area contributed by atoms with Gasteiger partial charge in [-0.25, -0.2) is 4.79 Å². The van der Waals surface area contributed by atoms with E-state index < -0.39 is 23.0 Å². The van der Waals surface area contributed by atoms with Crippen molar-refractivity contribution in [3.63, 3.8) is 0 Å². The van der Waals surface area contributed by atoms with Gasteiger partial charge in [0.2, 0.25) is 0 Å². The molecule has 35 heavy (non-hydrogen) atoms. The van der Waals surface area contributed by atoms with Gasteiger partial charge in [0.1, 0.15) is 17.5 Å². The van der Waals surface area contributed by atoms with E-state index in [0.29, 0.717) is 44.6 Å². The largest absolute Gasteiger partial charge is 0.573 e. The van der Waals surface area contributed by atoms with Crippen LogP contribution in [0, 0.1) is 10.1 Å². The molecule has 1 aromatic heterocycles. The van der Waals surface area contributed by atoms with E-state index in [1.165, 1.54) is 23.2 Å². The predicted octanol–water partition coefficient (Wildman–Crippen LogP) is 3.49. The SMILES string of the molecule is C[C@]1(CN2CCC(N(Cc3ccc(OC(F)(F)F)cc3)C(=O)O)CC2)Cn2cc([N+](=O)[O-])nc2O1. The van der Waals surface area contributed by atoms with Gasteiger partial charge in [-0.1, -0.05) is 12.1 Å². The van der Waals surface area contributed by atoms with Gasteiger partial charge in [0.25, 0.3) is 0 Å². The Morgan fingerprint density at radius 2 is 2.00 bits per heavy atom. The van der Waals surface area contributed by atoms with Gasteiger partial charge in [-0.05, 0) is 42.4 Å². The third-order valence-electron chi connectivity index (χ3n) is 6.07. The van der Waals surface area contributed by atoms with Gasteiger partial charge in [-0.2, -0.15) is 0 Å². The molecule has 190 valence electrons. The van der Waals surface area contributed by atoms with Crippen LogP contribution < -0.4 is 9.47 Å². The van der Waals surface area contributed by atoms with E-state index in [0.717, 1.165) is 12.1 Å². The zero-order valence-corrected chi connectivity index (χ0v) is 18.8. The molecular formula is C21H24F3N5O6. The number of hydrogen-bond donors (Lipinski definition) is 1. The van der Waals surface area contributed by atoms with Crippen molar-refractivity contribution in [3.8, 4) is 11.8 Å². The first-order valence-corrected chi connectivity index (χ1v) is 10.9. The van der Waals surface area contributed by atoms with Crippen LogP contribution in [-0.4, -0.2) is 73.1 Å². The van der Waals surface area contributed by atoms with Gasteiger partial charge in [0.05, 0.1) is 6.54 Å². The lowest BCUT2D eigenvalue weighted by Gasteiger charge is -2.39. The van der Waals surface area contributed by atoms with E-state index in [1.54, 1.807) is 4.57 Å². The number of amides is 1. The van der Waals surface area contributed by atoms with Crippen molar-refractivity contribution in [2.75, 3.05) is 19.6 Å². The minimum Gasteiger partial charge on any atom is -0.465 e. The van der Waals surface area contributed by atoms with Gasteiger partial charge >= 0.3 is 24.3 Å². The summed E-state index contributed by atoms with van der Waals surface area (Å²) in [7, 11) is 0. The van der Waals surface area contributed by atoms with Crippen LogP contribution in [0.25, 0.3) is 0 Å². The molecule has 1 atom stereocenters. The second-order valence-corrected chi connectivity index (χ2v) is 8.93. The maximum Gasteiger partial charge on any atom is 0.573 e. The number of ether oxygens (including phenoxy) is 2. The molecule has 0 aliphatic carbocycles. The summed E-state index contributed by atoms with van der Waals surface area (Å²) < 4.78 is 48.3. The Hall–Kier alpha value is -3.55. The third-order valence-corrected chi connectivity index (χ3v) is 6.07. The number of halogens is 3. The first-order chi connectivity index (χ1) is 16.4. The summed E-state index contributed by atoms with van der Waals surface area (Å²) in [6, 6.07) is 5.11. The number of fused-ring (bicyclic) bond motifs is 1. The Balaban J connectivity index is 1.30. The number of carboxylic acid groups (broad SMARTS) is 1. The molecule has 1 saturated heterocycles. The third kappa shape index (κ3) is 5.93. The Bertz CT molecular complexity index is 1060. The summed E-state index contributed by atoms with van der Waals surface area (Å²) >= 11 is 0. The summed E-state index contributed by atoms with van der Waals surface area (Å²) in [4.78, 5) is 29.5. The van der Waals surface area contributed by atoms with Gasteiger partial charge in [0, 0.05) is 37.2 Å². The van der Waals surface area contributed by atoms with E-state index in [4.69, 9.17) is 4.74 Å². The summed E-state index contributed by atoms with van der Waals surface area (Å²) in [5.41, 5.74) is -0.0588. The smallest absolute Gasteiger partial charge is 0.465 e. The minimum absolute atomic E-state index is 0.0486. The number of carbonyl (C=O) groups is 1. The number of piperidine rings is 1. The second-order valence-electron chi connectivity index (χ2n) is 8.93. The highest BCUT2D eigenvalue weighted by molar-refractivity contribution is 5.65. The molecule has 2 aromatic rings. The van der Waals surface area contributed by atoms with Crippen LogP contribution in [0.1, 0.15) is 25.3 Å². The number of hydrogen-bond acceptors (Lipinski definition) is 7. The second kappa shape index (κ2) is 9.24. The first kappa shape index (κ1) is 24.6. The highest BCUT2D eigenvalue weighted by Crippen LogP contribution is 2.32. The summed E-state index contributed by atoms with van der Waals surface area (Å²) in [5.74, 6) is -0.630. The van der Waals surface area contributed by atoms with E-state index in [1.807, 2.05) is 6.92 Å². The zero-order valence-electron chi connectivity index (χ0n) is 18.8. The fourth-order valence-electron chi connectivity index (χ4n) is 4.57. The number of nitro groups is 1. The molecule has 0 radical (unpaired) electrons. The lowest BCUT2D eigenvalue weighted by molar-refractivity contribution is -0.389. The molecule has 0 unspecified atom stereocenters. The number of rotatable bonds is 7. The van der Waals surface area contributed by atoms with Crippen LogP contribution in [0.3, 0.4) is 0 Å². The summed E-state index contributed by atoms with van der Waals surface area (Å²) in [6.07, 6.45) is -3.39. The molecular weight excluding hydrogens is 475 g/mol. The fraction of sp³-hybridized carbons (Fsp3) is 0.524. The van der Waals surface area contributed by atoms with Crippen LogP contribution in [0.15, 0.2) is 30.5 Å². The number of imidazole rings is 1. The number of alkyl halides is 3. The number of nitrogens with zero attached hydrogens (tertiary/aromatic N) is 5. The van der Waals surface area contributed by atoms with Crippen molar-refractivity contribution >= 4 is 11.9 Å². The average Bonchev–Trinajstić information content (AvgIpc) is 3.28. The lowest BCUT2D eigenvalue weighted by atomic mass is 9.99. The maximum absolute atomic E-state index is 12.3. The summed E-state index contributed by atoms with van der Waals surface area (Å²) in [5, 5.41) is 20.6. The van der Waals surface area contributed by atoms with Crippen LogP contribution >= 0.6 is 0 Å². The Morgan fingerprint density at radius 3 is 2.54 bits per heavy atom. The van der Waals surface area contributed by atoms with Crippen molar-refractivity contribution in [2.24, 2.45) is 0 Å². The van der Waals surface area contributed by atoms with Crippen molar-refractivity contribution in [3.05, 3.63) is 46.1 Å². The molecule has 0 bridgehead atoms. The molecule has 2 aliphatic heterocycles. The van der Waals surface area contributed by atoms with Gasteiger partial charge in [-0.15, -0.1) is 13.2 Å². The van der Waals surface area contributed by atoms with Crippen LogP contribution in [0.2, 0.25) is 0 Å². The monoisotopic (exact) mass is 499 g/mol. The standard InChI is InChI=1S/C21H24F3N5O6/c1-20(13-27-11-17(29(32)33)25-18(27)35-20)12-26-8-6-15(7-9-26)28(19(30)31)10-14-2-4-16(5-3-14)34-21(22,23)24/h2-5,11,15H,6-10,12-13H2,1H3,(H,30,31)/t20-/m0/s1. The normalized spacial score (nSPS) is 20.8. The number of likely N-dealkylation sites (tertiary alicyclic amines) is 1. The van der Waals surface area contributed by atoms with Crippen molar-refractivity contribution in [2.45, 2.75) is 50.9 Å². The van der Waals surface area contributed by atoms with Crippen LogP contribution in [0.5, 0.6) is 11.8 Å². The molecule has 1 amide bonds. The molecule has 1 fully saturated rings. The first-order valence-electron chi connectivity index (χ1n) is 10.9. The van der Waals surface area contributed by atoms with Crippen molar-refractivity contribution in [1.29, 1.82) is 0 Å². The fourth-order valence-corrected chi connectivity index (χ4v) is 4.57. The van der Waals surface area contributed by atoms with Crippen molar-refractivity contribution < 1.29 is 37.5 Å². The number of aromatic nitrogens is 2. The Labute approximate surface area is 197 Å². The molecule has 4 rings (SSSR count). The lowest BCUT2D eigenvalue weighted by Crippen LogP contribution is -2.51. The Kier molecular flexibility index (Phi) is 6.49. The van der Waals surface area contributed by atoms with Gasteiger partial charge in [0.15, 0.2) is 0 Å². The zero-order chi connectivity index (χ0) is 25.4. The van der Waals surface area contributed by atoms with E-state index >= 15 is 0 Å². The highest BCUT2D eigenvalue weighted by Gasteiger charge is 2.42. The summed E-state index contributed by atoms with van der Waals surface area (Å²) in [6.45, 7) is 4.15. The Morgan fingerprint density at radius 1 is 1.34 bits per heavy atom. The van der Waals surface area contributed by atoms with Crippen molar-refractivity contribution in [1.82, 2.24) is 19.4 Å². The molecule has 0 saturated carbocycles. The molecule has 1 N–H and O–H groups in total. The highest BCUT2D eigenvalue weighted by atomic mass is 19.4. The van der Waals surface area contributed by atoms with E-state index in [-0.39, 0.29) is 30.2 Å². The maximum atomic E-state index is 12.3. The van der Waals surface area contributed by atoms with Crippen LogP contribution in [-0.2, 0) is 13.1 Å².